The smallest absolute Gasteiger partial charge is 0.306 e. The van der Waals surface area contributed by atoms with Gasteiger partial charge < -0.3 is 28.5 Å². The van der Waals surface area contributed by atoms with Crippen molar-refractivity contribution in [3.05, 3.63) is 72.9 Å². The Bertz CT molecular complexity index is 1820. The highest BCUT2D eigenvalue weighted by Gasteiger charge is 2.27. The van der Waals surface area contributed by atoms with Crippen molar-refractivity contribution in [2.24, 2.45) is 0 Å². The minimum absolute atomic E-state index is 0.0226. The third kappa shape index (κ3) is 73.5. The first-order valence-corrected chi connectivity index (χ1v) is 41.7. The predicted molar refractivity (Wildman–Crippen MR) is 404 cm³/mol. The Morgan fingerprint density at radius 3 is 1.03 bits per heavy atom. The van der Waals surface area contributed by atoms with Crippen LogP contribution >= 0.6 is 7.82 Å². The summed E-state index contributed by atoms with van der Waals surface area (Å²) in [5, 5.41) is 3.06. The monoisotopic (exact) mass is 1320 g/mol. The molecule has 93 heavy (non-hydrogen) atoms. The number of amides is 1. The molecule has 0 aromatic heterocycles. The largest absolute Gasteiger partial charge is 0.756 e. The summed E-state index contributed by atoms with van der Waals surface area (Å²) in [6.07, 6.45) is 96.2. The summed E-state index contributed by atoms with van der Waals surface area (Å²) in [6.45, 7) is 6.79. The second kappa shape index (κ2) is 72.2. The molecular weight excluding hydrogens is 1170 g/mol. The van der Waals surface area contributed by atoms with E-state index in [0.29, 0.717) is 17.4 Å². The van der Waals surface area contributed by atoms with Crippen molar-refractivity contribution in [3.63, 3.8) is 0 Å². The van der Waals surface area contributed by atoms with Crippen LogP contribution < -0.4 is 10.2 Å². The molecule has 0 saturated carbocycles. The Hall–Kier alpha value is -2.55. The Labute approximate surface area is 578 Å². The molecule has 0 heterocycles. The van der Waals surface area contributed by atoms with Crippen molar-refractivity contribution in [2.45, 2.75) is 405 Å². The summed E-state index contributed by atoms with van der Waals surface area (Å²) in [5.74, 6) is -0.526. The van der Waals surface area contributed by atoms with Crippen LogP contribution in [0.3, 0.4) is 0 Å². The van der Waals surface area contributed by atoms with Gasteiger partial charge in [0, 0.05) is 12.8 Å². The quantitative estimate of drug-likeness (QED) is 0.0212. The van der Waals surface area contributed by atoms with Crippen LogP contribution in [0.4, 0.5) is 0 Å². The van der Waals surface area contributed by atoms with Gasteiger partial charge in [0.15, 0.2) is 0 Å². The van der Waals surface area contributed by atoms with Gasteiger partial charge in [-0.2, -0.15) is 0 Å². The van der Waals surface area contributed by atoms with Gasteiger partial charge in [0.05, 0.1) is 33.8 Å². The van der Waals surface area contributed by atoms with E-state index in [-0.39, 0.29) is 31.5 Å². The van der Waals surface area contributed by atoms with Crippen molar-refractivity contribution in [2.75, 3.05) is 40.9 Å². The average molecular weight is 1320 g/mol. The highest BCUT2D eigenvalue weighted by atomic mass is 31.2. The molecule has 0 aliphatic carbocycles. The first-order valence-electron chi connectivity index (χ1n) is 40.2. The molecule has 3 unspecified atom stereocenters. The zero-order valence-electron chi connectivity index (χ0n) is 62.5. The fourth-order valence-corrected chi connectivity index (χ4v) is 12.7. The summed E-state index contributed by atoms with van der Waals surface area (Å²) >= 11 is 0. The number of phosphoric acid groups is 1. The molecule has 3 atom stereocenters. The lowest BCUT2D eigenvalue weighted by Gasteiger charge is -2.30. The molecule has 0 saturated heterocycles. The van der Waals surface area contributed by atoms with Crippen molar-refractivity contribution in [3.8, 4) is 0 Å². The van der Waals surface area contributed by atoms with Crippen molar-refractivity contribution in [1.29, 1.82) is 0 Å². The Morgan fingerprint density at radius 2 is 0.688 bits per heavy atom. The average Bonchev–Trinajstić information content (AvgIpc) is 2.31. The molecule has 0 fully saturated rings. The van der Waals surface area contributed by atoms with Gasteiger partial charge in [-0.3, -0.25) is 14.2 Å². The molecule has 544 valence electrons. The molecule has 0 spiro atoms. The van der Waals surface area contributed by atoms with Gasteiger partial charge in [-0.15, -0.1) is 0 Å². The fraction of sp³-hybridized carbons (Fsp3) is 0.831. The number of allylic oxidation sites excluding steroid dienone is 11. The van der Waals surface area contributed by atoms with Gasteiger partial charge in [0.2, 0.25) is 5.91 Å². The van der Waals surface area contributed by atoms with E-state index in [4.69, 9.17) is 13.8 Å². The molecule has 0 aliphatic heterocycles. The SMILES string of the molecule is CC/C=C\C/C=C\C/C=C\C/C=C\C/C=C\CCCCCCCCCCCCCC(=O)NC(COP(=O)([O-])OCC[N+](C)(C)C)C(/C=C/CCCCCCCCCCCCC)OC(=O)CCCCCCCCCCCCCCCCCCCCCCCCCCCCC. The number of carbonyl (C=O) groups excluding carboxylic acids is 2. The number of nitrogens with one attached hydrogen (secondary N) is 1. The number of hydrogen-bond donors (Lipinski definition) is 1. The van der Waals surface area contributed by atoms with Gasteiger partial charge in [-0.1, -0.05) is 377 Å². The lowest BCUT2D eigenvalue weighted by Crippen LogP contribution is -2.47. The number of rotatable bonds is 74. The summed E-state index contributed by atoms with van der Waals surface area (Å²) in [4.78, 5) is 40.4. The maximum atomic E-state index is 13.7. The molecule has 10 heteroatoms. The fourth-order valence-electron chi connectivity index (χ4n) is 12.0. The van der Waals surface area contributed by atoms with Gasteiger partial charge in [0.25, 0.3) is 7.82 Å². The molecule has 0 radical (unpaired) electrons. The first-order chi connectivity index (χ1) is 45.4. The lowest BCUT2D eigenvalue weighted by molar-refractivity contribution is -0.870. The van der Waals surface area contributed by atoms with Crippen LogP contribution in [-0.4, -0.2) is 69.4 Å². The van der Waals surface area contributed by atoms with Gasteiger partial charge in [-0.05, 0) is 76.7 Å². The third-order valence-electron chi connectivity index (χ3n) is 18.2. The standard InChI is InChI=1S/C83H155N2O7P/c1-7-10-13-16-19-22-25-28-30-32-34-36-38-40-42-44-46-48-50-52-54-57-60-63-66-69-72-75-82(86)84-80(79-91-93(88,89)90-78-77-85(4,5)6)81(74-71-68-65-62-59-56-27-24-21-18-15-12-9-3)92-83(87)76-73-70-67-64-61-58-55-53-51-49-47-45-43-41-39-37-35-33-31-29-26-23-20-17-14-11-8-2/h10,13,19,22,28,30,34,36,40,42,71,74,80-81H,7-9,11-12,14-18,20-21,23-27,29,31-33,35,37-39,41,43-70,72-73,75-79H2,1-6H3,(H-,84,86,88,89)/b13-10-,22-19-,30-28-,36-34-,42-40-,74-71+. The second-order valence-corrected chi connectivity index (χ2v) is 30.0. The number of phosphoric ester groups is 1. The summed E-state index contributed by atoms with van der Waals surface area (Å²) in [6, 6.07) is -0.892. The van der Waals surface area contributed by atoms with E-state index in [1.807, 2.05) is 33.3 Å². The second-order valence-electron chi connectivity index (χ2n) is 28.5. The number of nitrogens with zero attached hydrogens (tertiary/aromatic N) is 1. The van der Waals surface area contributed by atoms with E-state index >= 15 is 0 Å². The Morgan fingerprint density at radius 1 is 0.387 bits per heavy atom. The van der Waals surface area contributed by atoms with Crippen LogP contribution in [0.25, 0.3) is 0 Å². The summed E-state index contributed by atoms with van der Waals surface area (Å²) < 4.78 is 30.6. The van der Waals surface area contributed by atoms with Gasteiger partial charge >= 0.3 is 5.97 Å². The van der Waals surface area contributed by atoms with E-state index < -0.39 is 20.0 Å². The number of esters is 1. The number of hydrogen-bond acceptors (Lipinski definition) is 7. The molecule has 0 aliphatic rings. The molecule has 9 nitrogen and oxygen atoms in total. The first kappa shape index (κ1) is 90.5. The van der Waals surface area contributed by atoms with E-state index in [0.717, 1.165) is 96.3 Å². The van der Waals surface area contributed by atoms with E-state index in [1.165, 1.54) is 263 Å². The van der Waals surface area contributed by atoms with Gasteiger partial charge in [0.1, 0.15) is 19.3 Å². The lowest BCUT2D eigenvalue weighted by atomic mass is 10.0. The predicted octanol–water partition coefficient (Wildman–Crippen LogP) is 25.6. The maximum absolute atomic E-state index is 13.7. The minimum Gasteiger partial charge on any atom is -0.756 e. The zero-order valence-corrected chi connectivity index (χ0v) is 63.4. The highest BCUT2D eigenvalue weighted by Crippen LogP contribution is 2.38. The van der Waals surface area contributed by atoms with Crippen LogP contribution in [0.15, 0.2) is 72.9 Å². The molecule has 0 aromatic rings. The summed E-state index contributed by atoms with van der Waals surface area (Å²) in [7, 11) is 1.20. The zero-order chi connectivity index (χ0) is 67.8. The number of likely N-dealkylation sites (N-methyl/N-ethyl adjacent to an activating group) is 1. The number of unbranched alkanes of at least 4 members (excludes halogenated alkanes) is 48. The summed E-state index contributed by atoms with van der Waals surface area (Å²) in [5.41, 5.74) is 0. The Kier molecular flexibility index (Phi) is 70.2. The van der Waals surface area contributed by atoms with Crippen molar-refractivity contribution < 1.29 is 37.3 Å². The Balaban J connectivity index is 4.94. The van der Waals surface area contributed by atoms with Crippen LogP contribution in [0.2, 0.25) is 0 Å². The molecular formula is C83H155N2O7P. The normalized spacial score (nSPS) is 13.8. The molecule has 0 bridgehead atoms. The van der Waals surface area contributed by atoms with E-state index in [1.54, 1.807) is 0 Å². The van der Waals surface area contributed by atoms with Crippen LogP contribution in [-0.2, 0) is 27.9 Å². The van der Waals surface area contributed by atoms with Crippen LogP contribution in [0.1, 0.15) is 393 Å². The van der Waals surface area contributed by atoms with Crippen LogP contribution in [0.5, 0.6) is 0 Å². The highest BCUT2D eigenvalue weighted by molar-refractivity contribution is 7.45. The van der Waals surface area contributed by atoms with Crippen molar-refractivity contribution in [1.82, 2.24) is 5.32 Å². The molecule has 0 rings (SSSR count). The number of ether oxygens (including phenoxy) is 1. The third-order valence-corrected chi connectivity index (χ3v) is 19.1. The topological polar surface area (TPSA) is 114 Å². The molecule has 1 amide bonds. The maximum Gasteiger partial charge on any atom is 0.306 e. The van der Waals surface area contributed by atoms with Crippen molar-refractivity contribution >= 4 is 19.7 Å². The number of carbonyl (C=O) groups is 2. The molecule has 1 N–H and O–H groups in total. The molecule has 0 aromatic carbocycles. The minimum atomic E-state index is -4.71. The van der Waals surface area contributed by atoms with Crippen LogP contribution in [0, 0.1) is 0 Å². The van der Waals surface area contributed by atoms with Gasteiger partial charge in [-0.25, -0.2) is 0 Å². The number of quaternary nitrogens is 1. The van der Waals surface area contributed by atoms with E-state index in [9.17, 15) is 19.0 Å². The van der Waals surface area contributed by atoms with E-state index in [2.05, 4.69) is 86.8 Å².